The Hall–Kier alpha value is -2.85. The number of hydrogen-bond acceptors (Lipinski definition) is 2. The van der Waals surface area contributed by atoms with Gasteiger partial charge in [0.05, 0.1) is 18.6 Å². The first-order chi connectivity index (χ1) is 18.6. The van der Waals surface area contributed by atoms with E-state index in [-0.39, 0.29) is 0 Å². The molecule has 0 N–H and O–H groups in total. The Labute approximate surface area is 221 Å². The molecule has 2 nitrogen and oxygen atoms in total. The van der Waals surface area contributed by atoms with Gasteiger partial charge in [-0.2, -0.15) is 92.2 Å². The number of alkyl halides is 21. The summed E-state index contributed by atoms with van der Waals surface area (Å²) in [4.78, 5) is 11.5. The van der Waals surface area contributed by atoms with Crippen LogP contribution in [0.25, 0.3) is 0 Å². The van der Waals surface area contributed by atoms with Crippen LogP contribution in [0.1, 0.15) is 16.8 Å². The highest BCUT2D eigenvalue weighted by Crippen LogP contribution is 2.66. The van der Waals surface area contributed by atoms with E-state index in [1.165, 1.54) is 0 Å². The van der Waals surface area contributed by atoms with Crippen molar-refractivity contribution in [2.75, 3.05) is 6.61 Å². The predicted octanol–water partition coefficient (Wildman–Crippen LogP) is 8.65. The summed E-state index contributed by atoms with van der Waals surface area (Å²) >= 11 is 0. The van der Waals surface area contributed by atoms with Crippen molar-refractivity contribution in [2.24, 2.45) is 0 Å². The molecule has 0 spiro atoms. The molecule has 0 aromatic heterocycles. The maximum atomic E-state index is 13.8. The number of halogens is 22. The lowest BCUT2D eigenvalue weighted by molar-refractivity contribution is -0.474. The molecule has 0 saturated carbocycles. The third kappa shape index (κ3) is 5.50. The molecule has 0 aliphatic carbocycles. The molecule has 0 aliphatic rings. The first-order valence-corrected chi connectivity index (χ1v) is 10.0. The molecule has 0 amide bonds. The monoisotopic (exact) mass is 686 g/mol. The summed E-state index contributed by atoms with van der Waals surface area (Å²) in [6.07, 6.45) is -11.1. The normalized spacial score (nSPS) is 15.5. The molecule has 43 heavy (non-hydrogen) atoms. The van der Waals surface area contributed by atoms with Gasteiger partial charge in [0.2, 0.25) is 0 Å². The third-order valence-electron chi connectivity index (χ3n) is 5.30. The van der Waals surface area contributed by atoms with Crippen molar-refractivity contribution in [3.63, 3.8) is 0 Å². The molecule has 1 aromatic rings. The first-order valence-electron chi connectivity index (χ1n) is 10.0. The van der Waals surface area contributed by atoms with Crippen LogP contribution in [-0.2, 0) is 4.74 Å². The maximum Gasteiger partial charge on any atom is 0.460 e. The molecule has 1 rings (SSSR count). The number of esters is 1. The van der Waals surface area contributed by atoms with Gasteiger partial charge in [-0.25, -0.2) is 9.18 Å². The number of carbonyl (C=O) groups excluding carboxylic acids is 1. The van der Waals surface area contributed by atoms with Gasteiger partial charge in [0.25, 0.3) is 0 Å². The van der Waals surface area contributed by atoms with Crippen LogP contribution in [0.3, 0.4) is 0 Å². The Morgan fingerprint density at radius 1 is 0.488 bits per heavy atom. The average molecular weight is 686 g/mol. The van der Waals surface area contributed by atoms with Crippen molar-refractivity contribution >= 4 is 5.97 Å². The second-order valence-electron chi connectivity index (χ2n) is 8.19. The van der Waals surface area contributed by atoms with Gasteiger partial charge in [0.15, 0.2) is 0 Å². The van der Waals surface area contributed by atoms with Crippen LogP contribution < -0.4 is 0 Å². The Balaban J connectivity index is 3.47. The lowest BCUT2D eigenvalue weighted by atomic mass is 9.86. The fourth-order valence-corrected chi connectivity index (χ4v) is 2.69. The van der Waals surface area contributed by atoms with E-state index >= 15 is 0 Å². The standard InChI is InChI=1S/C19H8F22O2/c20-8-3-1-7(2-4-8)9(42)43-6-5-10(21,22)11(23,24)12(25,26)13(27,28)14(29,30)15(31,32)16(33,34)17(35,36)18(37,38)19(39,40)41/h1-4H,5-6H2. The molecule has 0 aliphatic heterocycles. The van der Waals surface area contributed by atoms with Gasteiger partial charge in [-0.3, -0.25) is 0 Å². The molecule has 0 radical (unpaired) electrons. The number of rotatable bonds is 12. The van der Waals surface area contributed by atoms with Crippen LogP contribution in [0.15, 0.2) is 24.3 Å². The van der Waals surface area contributed by atoms with Crippen LogP contribution in [0.2, 0.25) is 0 Å². The molecule has 0 unspecified atom stereocenters. The second-order valence-corrected chi connectivity index (χ2v) is 8.19. The smallest absolute Gasteiger partial charge is 0.460 e. The lowest BCUT2D eigenvalue weighted by Crippen LogP contribution is -2.76. The summed E-state index contributed by atoms with van der Waals surface area (Å²) in [6.45, 7) is -2.23. The van der Waals surface area contributed by atoms with E-state index in [1.807, 2.05) is 0 Å². The Morgan fingerprint density at radius 3 is 1.12 bits per heavy atom. The fraction of sp³-hybridized carbons (Fsp3) is 0.632. The summed E-state index contributed by atoms with van der Waals surface area (Å²) in [5.74, 6) is -80.7. The van der Waals surface area contributed by atoms with Gasteiger partial charge >= 0.3 is 65.4 Å². The lowest BCUT2D eigenvalue weighted by Gasteiger charge is -2.44. The zero-order valence-corrected chi connectivity index (χ0v) is 19.4. The molecular formula is C19H8F22O2. The molecule has 1 aromatic carbocycles. The van der Waals surface area contributed by atoms with Gasteiger partial charge < -0.3 is 4.74 Å². The van der Waals surface area contributed by atoms with Crippen molar-refractivity contribution in [1.29, 1.82) is 0 Å². The van der Waals surface area contributed by atoms with Crippen molar-refractivity contribution in [1.82, 2.24) is 0 Å². The topological polar surface area (TPSA) is 26.3 Å². The average Bonchev–Trinajstić information content (AvgIpc) is 2.82. The largest absolute Gasteiger partial charge is 0.462 e. The van der Waals surface area contributed by atoms with Crippen molar-refractivity contribution in [3.05, 3.63) is 35.6 Å². The van der Waals surface area contributed by atoms with Crippen molar-refractivity contribution < 1.29 is 106 Å². The summed E-state index contributed by atoms with van der Waals surface area (Å²) < 4.78 is 296. The molecule has 0 atom stereocenters. The third-order valence-corrected chi connectivity index (χ3v) is 5.30. The molecular weight excluding hydrogens is 678 g/mol. The number of hydrogen-bond donors (Lipinski definition) is 0. The van der Waals surface area contributed by atoms with Gasteiger partial charge in [0, 0.05) is 0 Å². The minimum absolute atomic E-state index is 0.515. The minimum Gasteiger partial charge on any atom is -0.462 e. The highest BCUT2D eigenvalue weighted by molar-refractivity contribution is 5.89. The quantitative estimate of drug-likeness (QED) is 0.163. The van der Waals surface area contributed by atoms with Crippen molar-refractivity contribution in [2.45, 2.75) is 65.9 Å². The van der Waals surface area contributed by atoms with E-state index in [0.29, 0.717) is 24.3 Å². The summed E-state index contributed by atoms with van der Waals surface area (Å²) in [6, 6.07) is 2.12. The van der Waals surface area contributed by atoms with Gasteiger partial charge in [-0.15, -0.1) is 0 Å². The zero-order chi connectivity index (χ0) is 34.7. The molecule has 0 heterocycles. The number of ether oxygens (including phenoxy) is 1. The SMILES string of the molecule is O=C(OCCC(F)(F)C(F)(F)C(F)(F)C(F)(F)C(F)(F)C(F)(F)C(F)(F)C(F)(F)C(F)(F)C(F)(F)F)c1ccc(F)cc1. The molecule has 0 saturated heterocycles. The predicted molar refractivity (Wildman–Crippen MR) is 91.9 cm³/mol. The van der Waals surface area contributed by atoms with E-state index in [1.54, 1.807) is 0 Å². The molecule has 0 bridgehead atoms. The minimum atomic E-state index is -9.25. The highest BCUT2D eigenvalue weighted by atomic mass is 19.4. The number of benzene rings is 1. The number of carbonyl (C=O) groups is 1. The van der Waals surface area contributed by atoms with E-state index in [4.69, 9.17) is 0 Å². The summed E-state index contributed by atoms with van der Waals surface area (Å²) in [7, 11) is 0. The van der Waals surface area contributed by atoms with Crippen LogP contribution >= 0.6 is 0 Å². The van der Waals surface area contributed by atoms with E-state index in [0.717, 1.165) is 0 Å². The first kappa shape index (κ1) is 38.2. The molecule has 24 heteroatoms. The fourth-order valence-electron chi connectivity index (χ4n) is 2.69. The van der Waals surface area contributed by atoms with E-state index < -0.39 is 89.9 Å². The van der Waals surface area contributed by atoms with Crippen LogP contribution in [0.5, 0.6) is 0 Å². The Bertz CT molecular complexity index is 1150. The van der Waals surface area contributed by atoms with E-state index in [9.17, 15) is 101 Å². The maximum absolute atomic E-state index is 13.8. The molecule has 0 fully saturated rings. The van der Waals surface area contributed by atoms with Crippen LogP contribution in [0, 0.1) is 5.82 Å². The van der Waals surface area contributed by atoms with Gasteiger partial charge in [0.1, 0.15) is 5.82 Å². The second kappa shape index (κ2) is 10.6. The summed E-state index contributed by atoms with van der Waals surface area (Å²) in [5, 5.41) is 0. The Morgan fingerprint density at radius 2 is 0.791 bits per heavy atom. The zero-order valence-electron chi connectivity index (χ0n) is 19.4. The van der Waals surface area contributed by atoms with E-state index in [2.05, 4.69) is 4.74 Å². The highest BCUT2D eigenvalue weighted by Gasteiger charge is 2.97. The molecule has 250 valence electrons. The van der Waals surface area contributed by atoms with Crippen LogP contribution in [-0.4, -0.2) is 72.1 Å². The van der Waals surface area contributed by atoms with Gasteiger partial charge in [-0.1, -0.05) is 0 Å². The Kier molecular flexibility index (Phi) is 9.45. The van der Waals surface area contributed by atoms with Crippen molar-refractivity contribution in [3.8, 4) is 0 Å². The van der Waals surface area contributed by atoms with Crippen LogP contribution in [0.4, 0.5) is 96.6 Å². The van der Waals surface area contributed by atoms with Gasteiger partial charge in [-0.05, 0) is 24.3 Å². The summed E-state index contributed by atoms with van der Waals surface area (Å²) in [5.41, 5.74) is -0.760.